The minimum Gasteiger partial charge on any atom is -0.315 e. The first-order chi connectivity index (χ1) is 7.86. The van der Waals surface area contributed by atoms with E-state index in [0.29, 0.717) is 0 Å². The average Bonchev–Trinajstić information content (AvgIpc) is 2.30. The van der Waals surface area contributed by atoms with Gasteiger partial charge in [-0.3, -0.25) is 4.79 Å². The van der Waals surface area contributed by atoms with E-state index in [4.69, 9.17) is 0 Å². The van der Waals surface area contributed by atoms with Gasteiger partial charge in [0.05, 0.1) is 5.39 Å². The van der Waals surface area contributed by atoms with Gasteiger partial charge in [0.2, 0.25) is 0 Å². The number of hydrogen-bond acceptors (Lipinski definition) is 1. The summed E-state index contributed by atoms with van der Waals surface area (Å²) in [5.74, 6) is 0. The molecule has 0 unspecified atom stereocenters. The summed E-state index contributed by atoms with van der Waals surface area (Å²) in [5.41, 5.74) is 5.95. The van der Waals surface area contributed by atoms with Crippen LogP contribution in [0.5, 0.6) is 0 Å². The quantitative estimate of drug-likeness (QED) is 0.680. The highest BCUT2D eigenvalue weighted by Crippen LogP contribution is 2.25. The van der Waals surface area contributed by atoms with E-state index in [1.807, 2.05) is 20.9 Å². The molecule has 1 heterocycles. The second-order valence-corrected chi connectivity index (χ2v) is 4.94. The average molecular weight is 229 g/mol. The van der Waals surface area contributed by atoms with Crippen LogP contribution in [0.25, 0.3) is 10.8 Å². The summed E-state index contributed by atoms with van der Waals surface area (Å²) < 4.78 is 1.75. The first-order valence-electron chi connectivity index (χ1n) is 5.93. The van der Waals surface area contributed by atoms with E-state index in [9.17, 15) is 4.79 Å². The molecule has 0 saturated carbocycles. The molecule has 0 N–H and O–H groups in total. The molecule has 17 heavy (non-hydrogen) atoms. The zero-order valence-corrected chi connectivity index (χ0v) is 11.4. The lowest BCUT2D eigenvalue weighted by Gasteiger charge is -2.15. The molecule has 0 spiro atoms. The van der Waals surface area contributed by atoms with Gasteiger partial charge in [0.15, 0.2) is 0 Å². The number of benzene rings is 1. The molecule has 0 fully saturated rings. The topological polar surface area (TPSA) is 22.0 Å². The van der Waals surface area contributed by atoms with Gasteiger partial charge in [-0.2, -0.15) is 0 Å². The number of hydrogen-bond donors (Lipinski definition) is 0. The standard InChI is InChI=1S/C15H19NO/c1-8-7-13-11(4)12(5)16(6)15(17)14(13)10(3)9(8)2/h7H,1-6H3. The molecular weight excluding hydrogens is 210 g/mol. The highest BCUT2D eigenvalue weighted by molar-refractivity contribution is 5.89. The van der Waals surface area contributed by atoms with E-state index in [1.54, 1.807) is 4.57 Å². The molecule has 2 rings (SSSR count). The van der Waals surface area contributed by atoms with Gasteiger partial charge in [0, 0.05) is 12.7 Å². The molecule has 0 radical (unpaired) electrons. The number of pyridine rings is 1. The summed E-state index contributed by atoms with van der Waals surface area (Å²) in [5, 5.41) is 1.98. The van der Waals surface area contributed by atoms with Crippen molar-refractivity contribution in [1.29, 1.82) is 0 Å². The minimum absolute atomic E-state index is 0.115. The van der Waals surface area contributed by atoms with Crippen LogP contribution in [-0.4, -0.2) is 4.57 Å². The number of rotatable bonds is 0. The predicted molar refractivity (Wildman–Crippen MR) is 72.9 cm³/mol. The van der Waals surface area contributed by atoms with E-state index >= 15 is 0 Å². The van der Waals surface area contributed by atoms with Crippen LogP contribution in [0, 0.1) is 34.6 Å². The van der Waals surface area contributed by atoms with Gasteiger partial charge in [-0.1, -0.05) is 6.07 Å². The minimum atomic E-state index is 0.115. The Morgan fingerprint density at radius 2 is 1.53 bits per heavy atom. The first-order valence-corrected chi connectivity index (χ1v) is 5.93. The second kappa shape index (κ2) is 3.73. The van der Waals surface area contributed by atoms with Crippen molar-refractivity contribution in [2.45, 2.75) is 34.6 Å². The summed E-state index contributed by atoms with van der Waals surface area (Å²) in [6, 6.07) is 2.14. The molecule has 0 amide bonds. The van der Waals surface area contributed by atoms with E-state index in [0.717, 1.165) is 22.0 Å². The smallest absolute Gasteiger partial charge is 0.258 e. The molecule has 90 valence electrons. The Morgan fingerprint density at radius 3 is 2.12 bits per heavy atom. The summed E-state index contributed by atoms with van der Waals surface area (Å²) in [4.78, 5) is 12.3. The number of aromatic nitrogens is 1. The molecule has 2 aromatic rings. The third kappa shape index (κ3) is 1.51. The van der Waals surface area contributed by atoms with Crippen LogP contribution in [0.15, 0.2) is 10.9 Å². The maximum Gasteiger partial charge on any atom is 0.258 e. The lowest BCUT2D eigenvalue weighted by atomic mass is 9.94. The van der Waals surface area contributed by atoms with Gasteiger partial charge in [0.25, 0.3) is 5.56 Å². The van der Waals surface area contributed by atoms with Gasteiger partial charge in [-0.05, 0) is 62.3 Å². The summed E-state index contributed by atoms with van der Waals surface area (Å²) in [6.07, 6.45) is 0. The Labute approximate surface area is 102 Å². The van der Waals surface area contributed by atoms with E-state index < -0.39 is 0 Å². The van der Waals surface area contributed by atoms with Gasteiger partial charge in [-0.25, -0.2) is 0 Å². The van der Waals surface area contributed by atoms with Crippen molar-refractivity contribution in [1.82, 2.24) is 4.57 Å². The van der Waals surface area contributed by atoms with Crippen LogP contribution in [0.3, 0.4) is 0 Å². The van der Waals surface area contributed by atoms with Crippen molar-refractivity contribution < 1.29 is 0 Å². The number of nitrogens with zero attached hydrogens (tertiary/aromatic N) is 1. The van der Waals surface area contributed by atoms with Crippen LogP contribution in [0.2, 0.25) is 0 Å². The first kappa shape index (κ1) is 11.9. The Hall–Kier alpha value is -1.57. The van der Waals surface area contributed by atoms with Crippen molar-refractivity contribution >= 4 is 10.8 Å². The van der Waals surface area contributed by atoms with Crippen LogP contribution >= 0.6 is 0 Å². The molecule has 0 saturated heterocycles. The van der Waals surface area contributed by atoms with Crippen molar-refractivity contribution in [2.75, 3.05) is 0 Å². The van der Waals surface area contributed by atoms with E-state index in [-0.39, 0.29) is 5.56 Å². The highest BCUT2D eigenvalue weighted by Gasteiger charge is 2.13. The Morgan fingerprint density at radius 1 is 0.941 bits per heavy atom. The SMILES string of the molecule is Cc1cc2c(C)c(C)n(C)c(=O)c2c(C)c1C. The zero-order chi connectivity index (χ0) is 12.9. The molecule has 0 atom stereocenters. The van der Waals surface area contributed by atoms with Crippen LogP contribution < -0.4 is 5.56 Å². The van der Waals surface area contributed by atoms with Crippen molar-refractivity contribution in [3.8, 4) is 0 Å². The molecular formula is C15H19NO. The fourth-order valence-electron chi connectivity index (χ4n) is 2.42. The predicted octanol–water partition coefficient (Wildman–Crippen LogP) is 3.08. The third-order valence-corrected chi connectivity index (χ3v) is 4.13. The van der Waals surface area contributed by atoms with Gasteiger partial charge >= 0.3 is 0 Å². The number of fused-ring (bicyclic) bond motifs is 1. The van der Waals surface area contributed by atoms with Crippen molar-refractivity contribution in [3.63, 3.8) is 0 Å². The van der Waals surface area contributed by atoms with E-state index in [2.05, 4.69) is 26.8 Å². The van der Waals surface area contributed by atoms with Gasteiger partial charge in [0.1, 0.15) is 0 Å². The molecule has 2 heteroatoms. The van der Waals surface area contributed by atoms with E-state index in [1.165, 1.54) is 16.7 Å². The molecule has 0 bridgehead atoms. The maximum absolute atomic E-state index is 12.3. The normalized spacial score (nSPS) is 11.2. The Balaban J connectivity index is 3.18. The monoisotopic (exact) mass is 229 g/mol. The molecule has 1 aromatic carbocycles. The fourth-order valence-corrected chi connectivity index (χ4v) is 2.42. The second-order valence-electron chi connectivity index (χ2n) is 4.94. The van der Waals surface area contributed by atoms with Crippen LogP contribution in [0.1, 0.15) is 27.9 Å². The summed E-state index contributed by atoms with van der Waals surface area (Å²) in [6.45, 7) is 10.3. The number of aryl methyl sites for hydroxylation is 3. The zero-order valence-electron chi connectivity index (χ0n) is 11.4. The highest BCUT2D eigenvalue weighted by atomic mass is 16.1. The van der Waals surface area contributed by atoms with Gasteiger partial charge < -0.3 is 4.57 Å². The Bertz CT molecular complexity index is 678. The third-order valence-electron chi connectivity index (χ3n) is 4.13. The van der Waals surface area contributed by atoms with Crippen LogP contribution in [0.4, 0.5) is 0 Å². The molecule has 0 aliphatic heterocycles. The Kier molecular flexibility index (Phi) is 2.61. The molecule has 2 nitrogen and oxygen atoms in total. The maximum atomic E-state index is 12.3. The summed E-state index contributed by atoms with van der Waals surface area (Å²) in [7, 11) is 1.85. The summed E-state index contributed by atoms with van der Waals surface area (Å²) >= 11 is 0. The van der Waals surface area contributed by atoms with Crippen LogP contribution in [-0.2, 0) is 7.05 Å². The van der Waals surface area contributed by atoms with Gasteiger partial charge in [-0.15, -0.1) is 0 Å². The lowest BCUT2D eigenvalue weighted by Crippen LogP contribution is -2.21. The largest absolute Gasteiger partial charge is 0.315 e. The molecule has 1 aromatic heterocycles. The lowest BCUT2D eigenvalue weighted by molar-refractivity contribution is 0.820. The fraction of sp³-hybridized carbons (Fsp3) is 0.400. The molecule has 0 aliphatic rings. The van der Waals surface area contributed by atoms with Crippen molar-refractivity contribution in [2.24, 2.45) is 7.05 Å². The molecule has 0 aliphatic carbocycles. The van der Waals surface area contributed by atoms with Crippen molar-refractivity contribution in [3.05, 3.63) is 44.4 Å².